The largest absolute Gasteiger partial charge is 0.444 e. The molecule has 0 heterocycles. The van der Waals surface area contributed by atoms with Crippen LogP contribution in [0.2, 0.25) is 0 Å². The Kier molecular flexibility index (Phi) is 9.37. The molecule has 0 aliphatic heterocycles. The minimum atomic E-state index is -1.11. The first-order chi connectivity index (χ1) is 18.3. The summed E-state index contributed by atoms with van der Waals surface area (Å²) in [6.45, 7) is 11.0. The summed E-state index contributed by atoms with van der Waals surface area (Å²) in [6.07, 6.45) is -0.221. The fourth-order valence-corrected chi connectivity index (χ4v) is 4.62. The summed E-state index contributed by atoms with van der Waals surface area (Å²) in [6, 6.07) is 12.5. The molecule has 1 saturated carbocycles. The van der Waals surface area contributed by atoms with E-state index < -0.39 is 35.6 Å². The van der Waals surface area contributed by atoms with Crippen molar-refractivity contribution >= 4 is 29.5 Å². The van der Waals surface area contributed by atoms with Crippen LogP contribution in [-0.2, 0) is 19.1 Å². The fraction of sp³-hybridized carbons (Fsp3) is 0.467. The quantitative estimate of drug-likeness (QED) is 0.415. The second-order valence-corrected chi connectivity index (χ2v) is 11.3. The maximum absolute atomic E-state index is 14.2. The molecule has 0 bridgehead atoms. The summed E-state index contributed by atoms with van der Waals surface area (Å²) in [5.41, 5.74) is 7.73. The van der Waals surface area contributed by atoms with Crippen molar-refractivity contribution in [2.24, 2.45) is 11.7 Å². The Morgan fingerprint density at radius 3 is 2.13 bits per heavy atom. The predicted octanol–water partition coefficient (Wildman–Crippen LogP) is 4.38. The molecule has 1 fully saturated rings. The molecular weight excluding hydrogens is 496 g/mol. The molecule has 1 aliphatic rings. The SMILES string of the molecule is Cc1cccc(C)c1NC(=O)C(c1ccccc1)N(C(=O)C(CCC(N)=O)NC(=O)OC(C)(C)C)C1CC1C. The van der Waals surface area contributed by atoms with Crippen LogP contribution in [0.15, 0.2) is 48.5 Å². The third kappa shape index (κ3) is 8.05. The van der Waals surface area contributed by atoms with E-state index in [1.54, 1.807) is 25.7 Å². The van der Waals surface area contributed by atoms with Gasteiger partial charge in [-0.15, -0.1) is 0 Å². The lowest BCUT2D eigenvalue weighted by atomic mass is 10.0. The molecule has 4 atom stereocenters. The number of carbonyl (C=O) groups is 4. The number of benzene rings is 2. The van der Waals surface area contributed by atoms with Crippen molar-refractivity contribution in [2.75, 3.05) is 5.32 Å². The second-order valence-electron chi connectivity index (χ2n) is 11.3. The molecule has 1 aliphatic carbocycles. The summed E-state index contributed by atoms with van der Waals surface area (Å²) in [7, 11) is 0. The molecule has 3 rings (SSSR count). The van der Waals surface area contributed by atoms with Gasteiger partial charge >= 0.3 is 6.09 Å². The van der Waals surface area contributed by atoms with Crippen molar-refractivity contribution in [1.82, 2.24) is 10.2 Å². The number of ether oxygens (including phenoxy) is 1. The normalized spacial score (nSPS) is 17.9. The zero-order valence-electron chi connectivity index (χ0n) is 23.6. The molecule has 0 spiro atoms. The number of para-hydroxylation sites is 1. The van der Waals surface area contributed by atoms with Gasteiger partial charge in [-0.2, -0.15) is 0 Å². The van der Waals surface area contributed by atoms with Gasteiger partial charge in [0.25, 0.3) is 5.91 Å². The number of nitrogens with zero attached hydrogens (tertiary/aromatic N) is 1. The van der Waals surface area contributed by atoms with Crippen molar-refractivity contribution in [3.63, 3.8) is 0 Å². The number of nitrogens with one attached hydrogen (secondary N) is 2. The van der Waals surface area contributed by atoms with Gasteiger partial charge in [0.2, 0.25) is 11.8 Å². The first kappa shape index (κ1) is 29.7. The number of alkyl carbamates (subject to hydrolysis) is 1. The van der Waals surface area contributed by atoms with Crippen LogP contribution in [0.25, 0.3) is 0 Å². The van der Waals surface area contributed by atoms with E-state index in [1.165, 1.54) is 0 Å². The van der Waals surface area contributed by atoms with Gasteiger partial charge in [-0.1, -0.05) is 55.5 Å². The number of carbonyl (C=O) groups excluding carboxylic acids is 4. The van der Waals surface area contributed by atoms with Crippen LogP contribution in [0, 0.1) is 19.8 Å². The Labute approximate surface area is 230 Å². The fourth-order valence-electron chi connectivity index (χ4n) is 4.62. The third-order valence-corrected chi connectivity index (χ3v) is 6.72. The van der Waals surface area contributed by atoms with Gasteiger partial charge in [0.1, 0.15) is 17.7 Å². The van der Waals surface area contributed by atoms with E-state index >= 15 is 0 Å². The van der Waals surface area contributed by atoms with Crippen LogP contribution in [0.3, 0.4) is 0 Å². The predicted molar refractivity (Wildman–Crippen MR) is 150 cm³/mol. The van der Waals surface area contributed by atoms with Gasteiger partial charge < -0.3 is 26.0 Å². The van der Waals surface area contributed by atoms with Crippen molar-refractivity contribution < 1.29 is 23.9 Å². The Balaban J connectivity index is 2.02. The Morgan fingerprint density at radius 2 is 1.62 bits per heavy atom. The lowest BCUT2D eigenvalue weighted by molar-refractivity contribution is -0.142. The standard InChI is InChI=1S/C30H40N4O5/c1-18-11-10-12-19(2)25(18)33-27(36)26(21-13-8-7-9-14-21)34(23-17-20(23)3)28(37)22(15-16-24(31)35)32-29(38)39-30(4,5)6/h7-14,20,22-23,26H,15-17H2,1-6H3,(H2,31,35)(H,32,38)(H,33,36). The molecule has 39 heavy (non-hydrogen) atoms. The molecule has 0 radical (unpaired) electrons. The molecule has 2 aromatic rings. The molecule has 0 saturated heterocycles. The number of aryl methyl sites for hydroxylation is 2. The Hall–Kier alpha value is -3.88. The van der Waals surface area contributed by atoms with Gasteiger partial charge in [-0.3, -0.25) is 14.4 Å². The van der Waals surface area contributed by atoms with E-state index in [9.17, 15) is 19.2 Å². The number of rotatable bonds is 10. The first-order valence-corrected chi connectivity index (χ1v) is 13.3. The van der Waals surface area contributed by atoms with Crippen LogP contribution in [-0.4, -0.2) is 46.4 Å². The average molecular weight is 537 g/mol. The highest BCUT2D eigenvalue weighted by Gasteiger charge is 2.48. The van der Waals surface area contributed by atoms with Crippen molar-refractivity contribution in [2.45, 2.75) is 84.5 Å². The summed E-state index contributed by atoms with van der Waals surface area (Å²) < 4.78 is 5.38. The zero-order valence-corrected chi connectivity index (χ0v) is 23.6. The van der Waals surface area contributed by atoms with Gasteiger partial charge in [-0.05, 0) is 70.1 Å². The van der Waals surface area contributed by atoms with Crippen molar-refractivity contribution in [3.05, 3.63) is 65.2 Å². The van der Waals surface area contributed by atoms with Crippen molar-refractivity contribution in [3.8, 4) is 0 Å². The van der Waals surface area contributed by atoms with E-state index in [-0.39, 0.29) is 30.7 Å². The molecule has 4 unspecified atom stereocenters. The minimum Gasteiger partial charge on any atom is -0.444 e. The van der Waals surface area contributed by atoms with Gasteiger partial charge in [-0.25, -0.2) is 4.79 Å². The van der Waals surface area contributed by atoms with E-state index in [0.717, 1.165) is 11.1 Å². The molecule has 2 aromatic carbocycles. The Morgan fingerprint density at radius 1 is 1.03 bits per heavy atom. The highest BCUT2D eigenvalue weighted by molar-refractivity contribution is 6.00. The van der Waals surface area contributed by atoms with Gasteiger partial charge in [0, 0.05) is 18.2 Å². The summed E-state index contributed by atoms with van der Waals surface area (Å²) in [4.78, 5) is 54.1. The number of anilines is 1. The van der Waals surface area contributed by atoms with Crippen molar-refractivity contribution in [1.29, 1.82) is 0 Å². The summed E-state index contributed by atoms with van der Waals surface area (Å²) >= 11 is 0. The average Bonchev–Trinajstić information content (AvgIpc) is 3.56. The number of hydrogen-bond acceptors (Lipinski definition) is 5. The maximum Gasteiger partial charge on any atom is 0.408 e. The highest BCUT2D eigenvalue weighted by atomic mass is 16.6. The first-order valence-electron chi connectivity index (χ1n) is 13.3. The van der Waals surface area contributed by atoms with E-state index in [0.29, 0.717) is 17.7 Å². The molecular formula is C30H40N4O5. The van der Waals surface area contributed by atoms with E-state index in [4.69, 9.17) is 10.5 Å². The second kappa shape index (κ2) is 12.3. The smallest absolute Gasteiger partial charge is 0.408 e. The Bertz CT molecular complexity index is 1190. The number of hydrogen-bond donors (Lipinski definition) is 3. The number of primary amides is 1. The maximum atomic E-state index is 14.2. The lowest BCUT2D eigenvalue weighted by Gasteiger charge is -2.35. The molecule has 9 heteroatoms. The van der Waals surface area contributed by atoms with E-state index in [2.05, 4.69) is 10.6 Å². The van der Waals surface area contributed by atoms with Gasteiger partial charge in [0.05, 0.1) is 0 Å². The van der Waals surface area contributed by atoms with E-state index in [1.807, 2.05) is 69.3 Å². The highest BCUT2D eigenvalue weighted by Crippen LogP contribution is 2.41. The minimum absolute atomic E-state index is 0.0228. The molecule has 9 nitrogen and oxygen atoms in total. The summed E-state index contributed by atoms with van der Waals surface area (Å²) in [5, 5.41) is 5.68. The summed E-state index contributed by atoms with van der Waals surface area (Å²) in [5.74, 6) is -1.28. The third-order valence-electron chi connectivity index (χ3n) is 6.72. The van der Waals surface area contributed by atoms with Gasteiger partial charge in [0.15, 0.2) is 0 Å². The zero-order chi connectivity index (χ0) is 28.9. The molecule has 0 aromatic heterocycles. The van der Waals surface area contributed by atoms with Crippen LogP contribution in [0.4, 0.5) is 10.5 Å². The monoisotopic (exact) mass is 536 g/mol. The lowest BCUT2D eigenvalue weighted by Crippen LogP contribution is -2.53. The van der Waals surface area contributed by atoms with Crippen LogP contribution in [0.5, 0.6) is 0 Å². The van der Waals surface area contributed by atoms with Crippen LogP contribution >= 0.6 is 0 Å². The molecule has 4 N–H and O–H groups in total. The topological polar surface area (TPSA) is 131 Å². The van der Waals surface area contributed by atoms with Crippen LogP contribution < -0.4 is 16.4 Å². The van der Waals surface area contributed by atoms with Crippen LogP contribution in [0.1, 0.15) is 69.7 Å². The number of nitrogens with two attached hydrogens (primary N) is 1. The molecule has 4 amide bonds. The number of amides is 4. The molecule has 210 valence electrons.